The minimum absolute atomic E-state index is 0.0164. The van der Waals surface area contributed by atoms with E-state index in [4.69, 9.17) is 4.74 Å². The average Bonchev–Trinajstić information content (AvgIpc) is 3.00. The Labute approximate surface area is 133 Å². The van der Waals surface area contributed by atoms with Gasteiger partial charge in [0.15, 0.2) is 0 Å². The van der Waals surface area contributed by atoms with Crippen molar-refractivity contribution in [3.05, 3.63) is 45.8 Å². The van der Waals surface area contributed by atoms with Crippen LogP contribution in [0.25, 0.3) is 0 Å². The molecule has 3 rings (SSSR count). The SMILES string of the molecule is Cc1ccsc1C(=O)NCc1ccnc(N2CCOCC2)c1. The third-order valence-electron chi connectivity index (χ3n) is 3.67. The summed E-state index contributed by atoms with van der Waals surface area (Å²) in [5.41, 5.74) is 2.07. The van der Waals surface area contributed by atoms with Gasteiger partial charge in [0.25, 0.3) is 5.91 Å². The first-order valence-corrected chi connectivity index (χ1v) is 8.22. The molecule has 0 spiro atoms. The molecular weight excluding hydrogens is 298 g/mol. The number of thiophene rings is 1. The van der Waals surface area contributed by atoms with Gasteiger partial charge in [-0.05, 0) is 41.6 Å². The molecule has 6 heteroatoms. The maximum atomic E-state index is 12.1. The highest BCUT2D eigenvalue weighted by Crippen LogP contribution is 2.16. The number of aryl methyl sites for hydroxylation is 1. The fourth-order valence-electron chi connectivity index (χ4n) is 2.40. The van der Waals surface area contributed by atoms with Crippen LogP contribution < -0.4 is 10.2 Å². The predicted octanol–water partition coefficient (Wildman–Crippen LogP) is 2.22. The van der Waals surface area contributed by atoms with E-state index >= 15 is 0 Å². The van der Waals surface area contributed by atoms with Crippen LogP contribution in [0.4, 0.5) is 5.82 Å². The molecule has 1 aliphatic heterocycles. The largest absolute Gasteiger partial charge is 0.378 e. The topological polar surface area (TPSA) is 54.5 Å². The van der Waals surface area contributed by atoms with Gasteiger partial charge in [0.2, 0.25) is 0 Å². The van der Waals surface area contributed by atoms with Crippen molar-refractivity contribution >= 4 is 23.1 Å². The van der Waals surface area contributed by atoms with E-state index in [1.165, 1.54) is 11.3 Å². The molecule has 22 heavy (non-hydrogen) atoms. The second-order valence-electron chi connectivity index (χ2n) is 5.24. The summed E-state index contributed by atoms with van der Waals surface area (Å²) in [5.74, 6) is 0.930. The Morgan fingerprint density at radius 2 is 2.23 bits per heavy atom. The Hall–Kier alpha value is -1.92. The van der Waals surface area contributed by atoms with Gasteiger partial charge >= 0.3 is 0 Å². The van der Waals surface area contributed by atoms with Gasteiger partial charge in [0.05, 0.1) is 18.1 Å². The molecule has 0 aliphatic carbocycles. The monoisotopic (exact) mass is 317 g/mol. The number of ether oxygens (including phenoxy) is 1. The smallest absolute Gasteiger partial charge is 0.261 e. The molecule has 1 aliphatic rings. The number of aromatic nitrogens is 1. The van der Waals surface area contributed by atoms with Crippen molar-refractivity contribution in [1.29, 1.82) is 0 Å². The van der Waals surface area contributed by atoms with Crippen LogP contribution >= 0.6 is 11.3 Å². The second-order valence-corrected chi connectivity index (χ2v) is 6.15. The molecular formula is C16H19N3O2S. The lowest BCUT2D eigenvalue weighted by Crippen LogP contribution is -2.36. The maximum Gasteiger partial charge on any atom is 0.261 e. The summed E-state index contributed by atoms with van der Waals surface area (Å²) in [4.78, 5) is 19.5. The Balaban J connectivity index is 1.63. The Bertz CT molecular complexity index is 650. The fraction of sp³-hybridized carbons (Fsp3) is 0.375. The van der Waals surface area contributed by atoms with Crippen LogP contribution in [0.5, 0.6) is 0 Å². The van der Waals surface area contributed by atoms with E-state index in [9.17, 15) is 4.79 Å². The number of pyridine rings is 1. The highest BCUT2D eigenvalue weighted by molar-refractivity contribution is 7.12. The normalized spacial score (nSPS) is 14.9. The summed E-state index contributed by atoms with van der Waals surface area (Å²) in [7, 11) is 0. The van der Waals surface area contributed by atoms with Crippen LogP contribution in [-0.4, -0.2) is 37.2 Å². The van der Waals surface area contributed by atoms with Crippen molar-refractivity contribution < 1.29 is 9.53 Å². The van der Waals surface area contributed by atoms with Gasteiger partial charge in [-0.1, -0.05) is 0 Å². The maximum absolute atomic E-state index is 12.1. The molecule has 2 aromatic heterocycles. The minimum Gasteiger partial charge on any atom is -0.378 e. The molecule has 1 amide bonds. The van der Waals surface area contributed by atoms with Gasteiger partial charge in [0, 0.05) is 25.8 Å². The molecule has 0 bridgehead atoms. The predicted molar refractivity (Wildman–Crippen MR) is 87.5 cm³/mol. The van der Waals surface area contributed by atoms with Gasteiger partial charge in [-0.25, -0.2) is 4.98 Å². The molecule has 0 atom stereocenters. The van der Waals surface area contributed by atoms with Crippen molar-refractivity contribution in [2.75, 3.05) is 31.2 Å². The van der Waals surface area contributed by atoms with Crippen molar-refractivity contribution in [3.63, 3.8) is 0 Å². The minimum atomic E-state index is -0.0164. The second kappa shape index (κ2) is 6.89. The number of anilines is 1. The lowest BCUT2D eigenvalue weighted by atomic mass is 10.2. The van der Waals surface area contributed by atoms with Crippen LogP contribution in [0.15, 0.2) is 29.8 Å². The van der Waals surface area contributed by atoms with E-state index in [1.807, 2.05) is 30.5 Å². The molecule has 1 N–H and O–H groups in total. The van der Waals surface area contributed by atoms with Crippen LogP contribution in [0.2, 0.25) is 0 Å². The number of hydrogen-bond acceptors (Lipinski definition) is 5. The van der Waals surface area contributed by atoms with Crippen LogP contribution in [0.3, 0.4) is 0 Å². The first-order chi connectivity index (χ1) is 10.7. The summed E-state index contributed by atoms with van der Waals surface area (Å²) in [6.45, 7) is 5.65. The van der Waals surface area contributed by atoms with E-state index in [0.29, 0.717) is 6.54 Å². The highest BCUT2D eigenvalue weighted by Gasteiger charge is 2.13. The van der Waals surface area contributed by atoms with Gasteiger partial charge in [-0.15, -0.1) is 11.3 Å². The van der Waals surface area contributed by atoms with Crippen molar-refractivity contribution in [3.8, 4) is 0 Å². The standard InChI is InChI=1S/C16H19N3O2S/c1-12-3-9-22-15(12)16(20)18-11-13-2-4-17-14(10-13)19-5-7-21-8-6-19/h2-4,9-10H,5-8,11H2,1H3,(H,18,20). The zero-order chi connectivity index (χ0) is 15.4. The molecule has 1 saturated heterocycles. The lowest BCUT2D eigenvalue weighted by molar-refractivity contribution is 0.0954. The number of nitrogens with one attached hydrogen (secondary N) is 1. The number of morpholine rings is 1. The number of carbonyl (C=O) groups excluding carboxylic acids is 1. The van der Waals surface area contributed by atoms with Crippen molar-refractivity contribution in [2.45, 2.75) is 13.5 Å². The van der Waals surface area contributed by atoms with E-state index in [2.05, 4.69) is 15.2 Å². The van der Waals surface area contributed by atoms with Gasteiger partial charge in [-0.3, -0.25) is 4.79 Å². The lowest BCUT2D eigenvalue weighted by Gasteiger charge is -2.28. The molecule has 116 valence electrons. The van der Waals surface area contributed by atoms with Gasteiger partial charge < -0.3 is 15.0 Å². The number of carbonyl (C=O) groups is 1. The van der Waals surface area contributed by atoms with E-state index < -0.39 is 0 Å². The molecule has 0 unspecified atom stereocenters. The highest BCUT2D eigenvalue weighted by atomic mass is 32.1. The van der Waals surface area contributed by atoms with Crippen LogP contribution in [0, 0.1) is 6.92 Å². The Morgan fingerprint density at radius 3 is 2.95 bits per heavy atom. The summed E-state index contributed by atoms with van der Waals surface area (Å²) < 4.78 is 5.36. The van der Waals surface area contributed by atoms with Crippen LogP contribution in [0.1, 0.15) is 20.8 Å². The first-order valence-electron chi connectivity index (χ1n) is 7.34. The number of amides is 1. The molecule has 1 fully saturated rings. The molecule has 0 aromatic carbocycles. The molecule has 2 aromatic rings. The molecule has 0 saturated carbocycles. The summed E-state index contributed by atoms with van der Waals surface area (Å²) >= 11 is 1.47. The summed E-state index contributed by atoms with van der Waals surface area (Å²) in [6, 6.07) is 5.93. The molecule has 0 radical (unpaired) electrons. The van der Waals surface area contributed by atoms with Crippen LogP contribution in [-0.2, 0) is 11.3 Å². The fourth-order valence-corrected chi connectivity index (χ4v) is 3.25. The third-order valence-corrected chi connectivity index (χ3v) is 4.68. The van der Waals surface area contributed by atoms with Gasteiger partial charge in [-0.2, -0.15) is 0 Å². The van der Waals surface area contributed by atoms with E-state index in [0.717, 1.165) is 48.1 Å². The zero-order valence-electron chi connectivity index (χ0n) is 12.5. The Morgan fingerprint density at radius 1 is 1.41 bits per heavy atom. The van der Waals surface area contributed by atoms with Crippen molar-refractivity contribution in [1.82, 2.24) is 10.3 Å². The van der Waals surface area contributed by atoms with Gasteiger partial charge in [0.1, 0.15) is 5.82 Å². The summed E-state index contributed by atoms with van der Waals surface area (Å²) in [6.07, 6.45) is 1.79. The number of hydrogen-bond donors (Lipinski definition) is 1. The van der Waals surface area contributed by atoms with E-state index in [1.54, 1.807) is 6.20 Å². The number of rotatable bonds is 4. The summed E-state index contributed by atoms with van der Waals surface area (Å²) in [5, 5.41) is 4.91. The molecule has 3 heterocycles. The average molecular weight is 317 g/mol. The third kappa shape index (κ3) is 3.45. The quantitative estimate of drug-likeness (QED) is 0.939. The van der Waals surface area contributed by atoms with E-state index in [-0.39, 0.29) is 5.91 Å². The first kappa shape index (κ1) is 15.0. The molecule has 5 nitrogen and oxygen atoms in total. The number of nitrogens with zero attached hydrogens (tertiary/aromatic N) is 2. The van der Waals surface area contributed by atoms with Crippen molar-refractivity contribution in [2.24, 2.45) is 0 Å². The Kier molecular flexibility index (Phi) is 4.70. The zero-order valence-corrected chi connectivity index (χ0v) is 13.4.